The second-order valence-corrected chi connectivity index (χ2v) is 3.70. The second kappa shape index (κ2) is 8.59. The fourth-order valence-electron chi connectivity index (χ4n) is 1.43. The van der Waals surface area contributed by atoms with E-state index >= 15 is 0 Å². The SMILES string of the molecule is COCCOCCNCc1cc(F)ccc1C#N. The van der Waals surface area contributed by atoms with E-state index in [9.17, 15) is 4.39 Å². The van der Waals surface area contributed by atoms with Crippen LogP contribution < -0.4 is 5.32 Å². The van der Waals surface area contributed by atoms with Crippen LogP contribution in [0.25, 0.3) is 0 Å². The van der Waals surface area contributed by atoms with Crippen molar-refractivity contribution >= 4 is 0 Å². The molecule has 0 aromatic heterocycles. The van der Waals surface area contributed by atoms with Gasteiger partial charge in [-0.25, -0.2) is 4.39 Å². The van der Waals surface area contributed by atoms with Crippen molar-refractivity contribution in [3.8, 4) is 6.07 Å². The van der Waals surface area contributed by atoms with Crippen LogP contribution in [0.3, 0.4) is 0 Å². The summed E-state index contributed by atoms with van der Waals surface area (Å²) in [6.07, 6.45) is 0. The molecule has 0 heterocycles. The van der Waals surface area contributed by atoms with Gasteiger partial charge in [0.05, 0.1) is 31.5 Å². The molecular formula is C13H17FN2O2. The van der Waals surface area contributed by atoms with E-state index in [0.717, 1.165) is 0 Å². The molecule has 0 fully saturated rings. The van der Waals surface area contributed by atoms with Gasteiger partial charge in [-0.2, -0.15) is 5.26 Å². The number of benzene rings is 1. The Morgan fingerprint density at radius 3 is 2.89 bits per heavy atom. The van der Waals surface area contributed by atoms with Crippen molar-refractivity contribution in [3.63, 3.8) is 0 Å². The molecule has 0 atom stereocenters. The quantitative estimate of drug-likeness (QED) is 0.711. The minimum Gasteiger partial charge on any atom is -0.382 e. The molecule has 4 nitrogen and oxygen atoms in total. The Bertz CT molecular complexity index is 404. The van der Waals surface area contributed by atoms with Crippen LogP contribution in [-0.4, -0.2) is 33.5 Å². The molecule has 0 aliphatic heterocycles. The molecule has 0 saturated carbocycles. The van der Waals surface area contributed by atoms with Crippen molar-refractivity contribution in [2.24, 2.45) is 0 Å². The van der Waals surface area contributed by atoms with Crippen molar-refractivity contribution < 1.29 is 13.9 Å². The molecule has 0 bridgehead atoms. The lowest BCUT2D eigenvalue weighted by Crippen LogP contribution is -2.20. The fraction of sp³-hybridized carbons (Fsp3) is 0.462. The van der Waals surface area contributed by atoms with Crippen molar-refractivity contribution in [1.82, 2.24) is 5.32 Å². The van der Waals surface area contributed by atoms with E-state index in [4.69, 9.17) is 14.7 Å². The zero-order valence-corrected chi connectivity index (χ0v) is 10.4. The van der Waals surface area contributed by atoms with Gasteiger partial charge in [0, 0.05) is 20.2 Å². The molecule has 1 N–H and O–H groups in total. The first kappa shape index (κ1) is 14.6. The van der Waals surface area contributed by atoms with Crippen LogP contribution in [0.4, 0.5) is 4.39 Å². The zero-order chi connectivity index (χ0) is 13.2. The number of hydrogen-bond acceptors (Lipinski definition) is 4. The van der Waals surface area contributed by atoms with Crippen LogP contribution in [0, 0.1) is 17.1 Å². The van der Waals surface area contributed by atoms with E-state index in [0.29, 0.717) is 44.0 Å². The molecule has 98 valence electrons. The van der Waals surface area contributed by atoms with Gasteiger partial charge in [-0.1, -0.05) is 0 Å². The van der Waals surface area contributed by atoms with E-state index in [1.165, 1.54) is 18.2 Å². The van der Waals surface area contributed by atoms with Crippen molar-refractivity contribution in [2.75, 3.05) is 33.5 Å². The van der Waals surface area contributed by atoms with E-state index in [1.54, 1.807) is 7.11 Å². The molecule has 1 rings (SSSR count). The summed E-state index contributed by atoms with van der Waals surface area (Å²) in [7, 11) is 1.62. The molecule has 18 heavy (non-hydrogen) atoms. The number of methoxy groups -OCH3 is 1. The number of nitrogens with zero attached hydrogens (tertiary/aromatic N) is 1. The topological polar surface area (TPSA) is 54.3 Å². The van der Waals surface area contributed by atoms with Crippen LogP contribution in [0.15, 0.2) is 18.2 Å². The standard InChI is InChI=1S/C13H17FN2O2/c1-17-6-7-18-5-4-16-10-12-8-13(14)3-2-11(12)9-15/h2-3,8,16H,4-7,10H2,1H3. The lowest BCUT2D eigenvalue weighted by Gasteiger charge is -2.07. The molecule has 0 aliphatic carbocycles. The maximum atomic E-state index is 13.0. The third-order valence-electron chi connectivity index (χ3n) is 2.36. The lowest BCUT2D eigenvalue weighted by atomic mass is 10.1. The minimum atomic E-state index is -0.331. The van der Waals surface area contributed by atoms with Gasteiger partial charge in [-0.05, 0) is 23.8 Å². The predicted octanol–water partition coefficient (Wildman–Crippen LogP) is 1.45. The molecule has 5 heteroatoms. The number of nitriles is 1. The number of halogens is 1. The molecule has 0 saturated heterocycles. The first-order valence-electron chi connectivity index (χ1n) is 5.74. The Hall–Kier alpha value is -1.48. The van der Waals surface area contributed by atoms with E-state index in [1.807, 2.05) is 6.07 Å². The predicted molar refractivity (Wildman–Crippen MR) is 65.5 cm³/mol. The van der Waals surface area contributed by atoms with Gasteiger partial charge in [0.15, 0.2) is 0 Å². The molecule has 0 radical (unpaired) electrons. The highest BCUT2D eigenvalue weighted by Gasteiger charge is 2.02. The van der Waals surface area contributed by atoms with Gasteiger partial charge in [0.1, 0.15) is 5.82 Å². The van der Waals surface area contributed by atoms with Gasteiger partial charge in [0.25, 0.3) is 0 Å². The van der Waals surface area contributed by atoms with Crippen LogP contribution in [0.5, 0.6) is 0 Å². The van der Waals surface area contributed by atoms with E-state index in [-0.39, 0.29) is 5.82 Å². The van der Waals surface area contributed by atoms with Crippen LogP contribution in [0.2, 0.25) is 0 Å². The van der Waals surface area contributed by atoms with Gasteiger partial charge < -0.3 is 14.8 Å². The molecule has 1 aromatic carbocycles. The average Bonchev–Trinajstić information content (AvgIpc) is 2.38. The third kappa shape index (κ3) is 5.23. The average molecular weight is 252 g/mol. The number of nitrogens with one attached hydrogen (secondary N) is 1. The Morgan fingerprint density at radius 1 is 1.33 bits per heavy atom. The monoisotopic (exact) mass is 252 g/mol. The summed E-state index contributed by atoms with van der Waals surface area (Å²) >= 11 is 0. The Kier molecular flexibility index (Phi) is 6.96. The van der Waals surface area contributed by atoms with Gasteiger partial charge >= 0.3 is 0 Å². The highest BCUT2D eigenvalue weighted by molar-refractivity contribution is 5.37. The van der Waals surface area contributed by atoms with Crippen LogP contribution >= 0.6 is 0 Å². The Balaban J connectivity index is 2.27. The first-order valence-corrected chi connectivity index (χ1v) is 5.74. The molecule has 1 aromatic rings. The van der Waals surface area contributed by atoms with Crippen molar-refractivity contribution in [3.05, 3.63) is 35.1 Å². The Morgan fingerprint density at radius 2 is 2.17 bits per heavy atom. The number of hydrogen-bond donors (Lipinski definition) is 1. The summed E-state index contributed by atoms with van der Waals surface area (Å²) < 4.78 is 23.1. The summed E-state index contributed by atoms with van der Waals surface area (Å²) in [5, 5.41) is 12.0. The van der Waals surface area contributed by atoms with Gasteiger partial charge in [0.2, 0.25) is 0 Å². The normalized spacial score (nSPS) is 10.3. The smallest absolute Gasteiger partial charge is 0.123 e. The van der Waals surface area contributed by atoms with Gasteiger partial charge in [-0.3, -0.25) is 0 Å². The summed E-state index contributed by atoms with van der Waals surface area (Å²) in [6, 6.07) is 6.18. The van der Waals surface area contributed by atoms with Crippen molar-refractivity contribution in [2.45, 2.75) is 6.54 Å². The highest BCUT2D eigenvalue weighted by Crippen LogP contribution is 2.09. The first-order chi connectivity index (χ1) is 8.77. The van der Waals surface area contributed by atoms with E-state index in [2.05, 4.69) is 5.32 Å². The highest BCUT2D eigenvalue weighted by atomic mass is 19.1. The lowest BCUT2D eigenvalue weighted by molar-refractivity contribution is 0.0719. The third-order valence-corrected chi connectivity index (χ3v) is 2.36. The van der Waals surface area contributed by atoms with Gasteiger partial charge in [-0.15, -0.1) is 0 Å². The summed E-state index contributed by atoms with van der Waals surface area (Å²) in [6.45, 7) is 2.78. The number of rotatable bonds is 8. The maximum absolute atomic E-state index is 13.0. The van der Waals surface area contributed by atoms with Crippen molar-refractivity contribution in [1.29, 1.82) is 5.26 Å². The zero-order valence-electron chi connectivity index (χ0n) is 10.4. The molecule has 0 unspecified atom stereocenters. The summed E-state index contributed by atoms with van der Waals surface area (Å²) in [5.41, 5.74) is 1.15. The van der Waals surface area contributed by atoms with Crippen LogP contribution in [0.1, 0.15) is 11.1 Å². The van der Waals surface area contributed by atoms with E-state index < -0.39 is 0 Å². The minimum absolute atomic E-state index is 0.331. The molecular weight excluding hydrogens is 235 g/mol. The number of ether oxygens (including phenoxy) is 2. The summed E-state index contributed by atoms with van der Waals surface area (Å²) in [4.78, 5) is 0. The fourth-order valence-corrected chi connectivity index (χ4v) is 1.43. The second-order valence-electron chi connectivity index (χ2n) is 3.70. The molecule has 0 amide bonds. The molecule has 0 spiro atoms. The Labute approximate surface area is 106 Å². The van der Waals surface area contributed by atoms with Crippen LogP contribution in [-0.2, 0) is 16.0 Å². The maximum Gasteiger partial charge on any atom is 0.123 e. The summed E-state index contributed by atoms with van der Waals surface area (Å²) in [5.74, 6) is -0.331. The largest absolute Gasteiger partial charge is 0.382 e. The molecule has 0 aliphatic rings.